The van der Waals surface area contributed by atoms with Crippen LogP contribution in [0.2, 0.25) is 0 Å². The van der Waals surface area contributed by atoms with E-state index in [-0.39, 0.29) is 18.2 Å². The maximum absolute atomic E-state index is 13.2. The van der Waals surface area contributed by atoms with Crippen molar-refractivity contribution >= 4 is 17.8 Å². The smallest absolute Gasteiger partial charge is 0.309 e. The van der Waals surface area contributed by atoms with Crippen LogP contribution in [0.4, 0.5) is 0 Å². The molecular formula is C20H24N2O4. The van der Waals surface area contributed by atoms with Gasteiger partial charge in [-0.2, -0.15) is 0 Å². The van der Waals surface area contributed by atoms with Gasteiger partial charge in [0.1, 0.15) is 0 Å². The minimum Gasteiger partial charge on any atom is -0.481 e. The number of carboxylic acid groups (broad SMARTS) is 1. The average Bonchev–Trinajstić information content (AvgIpc) is 3.43. The van der Waals surface area contributed by atoms with Crippen molar-refractivity contribution in [3.63, 3.8) is 0 Å². The summed E-state index contributed by atoms with van der Waals surface area (Å²) in [5.74, 6) is -1.55. The maximum Gasteiger partial charge on any atom is 0.309 e. The highest BCUT2D eigenvalue weighted by Gasteiger charge is 2.58. The van der Waals surface area contributed by atoms with Crippen LogP contribution in [0, 0.1) is 5.92 Å². The van der Waals surface area contributed by atoms with Crippen molar-refractivity contribution in [1.82, 2.24) is 9.80 Å². The molecule has 4 rings (SSSR count). The SMILES string of the molecule is CN1C(=O)CC(C(=O)O)C12CCN(C(=O)C1(c3ccccc3)CC1)CC2. The molecule has 1 unspecified atom stereocenters. The van der Waals surface area contributed by atoms with E-state index < -0.39 is 22.8 Å². The number of benzene rings is 1. The van der Waals surface area contributed by atoms with Crippen molar-refractivity contribution in [3.8, 4) is 0 Å². The fourth-order valence-corrected chi connectivity index (χ4v) is 4.89. The first kappa shape index (κ1) is 17.1. The monoisotopic (exact) mass is 356 g/mol. The molecule has 2 amide bonds. The van der Waals surface area contributed by atoms with Gasteiger partial charge >= 0.3 is 5.97 Å². The Morgan fingerprint density at radius 1 is 1.08 bits per heavy atom. The predicted molar refractivity (Wildman–Crippen MR) is 94.4 cm³/mol. The van der Waals surface area contributed by atoms with Gasteiger partial charge < -0.3 is 14.9 Å². The van der Waals surface area contributed by atoms with Gasteiger partial charge in [0.15, 0.2) is 0 Å². The molecule has 3 aliphatic rings. The second-order valence-electron chi connectivity index (χ2n) is 7.89. The summed E-state index contributed by atoms with van der Waals surface area (Å²) >= 11 is 0. The molecule has 138 valence electrons. The van der Waals surface area contributed by atoms with Crippen molar-refractivity contribution in [3.05, 3.63) is 35.9 Å². The molecule has 2 heterocycles. The van der Waals surface area contributed by atoms with Crippen molar-refractivity contribution in [2.75, 3.05) is 20.1 Å². The summed E-state index contributed by atoms with van der Waals surface area (Å²) < 4.78 is 0. The number of carbonyl (C=O) groups excluding carboxylic acids is 2. The third kappa shape index (κ3) is 2.35. The Bertz CT molecular complexity index is 748. The van der Waals surface area contributed by atoms with Crippen LogP contribution in [-0.4, -0.2) is 58.4 Å². The van der Waals surface area contributed by atoms with Gasteiger partial charge in [-0.15, -0.1) is 0 Å². The summed E-state index contributed by atoms with van der Waals surface area (Å²) in [7, 11) is 1.70. The minimum atomic E-state index is -0.912. The van der Waals surface area contributed by atoms with Gasteiger partial charge in [0.25, 0.3) is 0 Å². The van der Waals surface area contributed by atoms with Gasteiger partial charge in [0.2, 0.25) is 11.8 Å². The number of carboxylic acids is 1. The Hall–Kier alpha value is -2.37. The van der Waals surface area contributed by atoms with Crippen LogP contribution in [-0.2, 0) is 19.8 Å². The third-order valence-corrected chi connectivity index (χ3v) is 6.77. The number of hydrogen-bond acceptors (Lipinski definition) is 3. The summed E-state index contributed by atoms with van der Waals surface area (Å²) in [4.78, 5) is 40.5. The topological polar surface area (TPSA) is 77.9 Å². The zero-order valence-electron chi connectivity index (χ0n) is 15.0. The van der Waals surface area contributed by atoms with Crippen LogP contribution in [0.15, 0.2) is 30.3 Å². The molecule has 1 aromatic rings. The molecule has 1 aliphatic carbocycles. The van der Waals surface area contributed by atoms with E-state index in [4.69, 9.17) is 0 Å². The van der Waals surface area contributed by atoms with Gasteiger partial charge in [-0.25, -0.2) is 0 Å². The average molecular weight is 356 g/mol. The number of rotatable bonds is 3. The fraction of sp³-hybridized carbons (Fsp3) is 0.550. The molecule has 1 saturated carbocycles. The van der Waals surface area contributed by atoms with Crippen LogP contribution in [0.25, 0.3) is 0 Å². The lowest BCUT2D eigenvalue weighted by Crippen LogP contribution is -2.57. The molecule has 2 aliphatic heterocycles. The number of aliphatic carboxylic acids is 1. The second-order valence-corrected chi connectivity index (χ2v) is 7.89. The molecule has 26 heavy (non-hydrogen) atoms. The van der Waals surface area contributed by atoms with Gasteiger partial charge in [0.05, 0.1) is 16.9 Å². The molecule has 0 radical (unpaired) electrons. The van der Waals surface area contributed by atoms with Crippen molar-refractivity contribution in [2.45, 2.75) is 43.1 Å². The number of amides is 2. The van der Waals surface area contributed by atoms with E-state index in [0.29, 0.717) is 25.9 Å². The molecule has 0 aromatic heterocycles. The molecule has 1 atom stereocenters. The van der Waals surface area contributed by atoms with Crippen LogP contribution >= 0.6 is 0 Å². The summed E-state index contributed by atoms with van der Waals surface area (Å²) in [5, 5.41) is 9.57. The Balaban J connectivity index is 1.51. The Kier molecular flexibility index (Phi) is 3.82. The molecule has 1 N–H and O–H groups in total. The normalized spacial score (nSPS) is 26.2. The van der Waals surface area contributed by atoms with Crippen molar-refractivity contribution in [1.29, 1.82) is 0 Å². The second kappa shape index (κ2) is 5.83. The highest BCUT2D eigenvalue weighted by molar-refractivity contribution is 5.92. The molecule has 1 aromatic carbocycles. The lowest BCUT2D eigenvalue weighted by molar-refractivity contribution is -0.147. The minimum absolute atomic E-state index is 0.0632. The summed E-state index contributed by atoms with van der Waals surface area (Å²) in [6, 6.07) is 9.91. The van der Waals surface area contributed by atoms with Gasteiger partial charge in [-0.1, -0.05) is 30.3 Å². The first-order chi connectivity index (χ1) is 12.4. The summed E-state index contributed by atoms with van der Waals surface area (Å²) in [6.07, 6.45) is 2.86. The lowest BCUT2D eigenvalue weighted by Gasteiger charge is -2.46. The van der Waals surface area contributed by atoms with Gasteiger partial charge in [0, 0.05) is 26.6 Å². The Morgan fingerprint density at radius 3 is 2.23 bits per heavy atom. The number of piperidine rings is 1. The number of carbonyl (C=O) groups is 3. The van der Waals surface area contributed by atoms with E-state index in [2.05, 4.69) is 0 Å². The van der Waals surface area contributed by atoms with Gasteiger partial charge in [-0.05, 0) is 31.2 Å². The van der Waals surface area contributed by atoms with E-state index in [1.54, 1.807) is 11.9 Å². The fourth-order valence-electron chi connectivity index (χ4n) is 4.89. The zero-order valence-corrected chi connectivity index (χ0v) is 15.0. The summed E-state index contributed by atoms with van der Waals surface area (Å²) in [6.45, 7) is 1.02. The molecule has 2 saturated heterocycles. The third-order valence-electron chi connectivity index (χ3n) is 6.77. The molecule has 0 bridgehead atoms. The first-order valence-corrected chi connectivity index (χ1v) is 9.25. The molecule has 1 spiro atoms. The van der Waals surface area contributed by atoms with Crippen LogP contribution in [0.5, 0.6) is 0 Å². The highest BCUT2D eigenvalue weighted by Crippen LogP contribution is 2.51. The van der Waals surface area contributed by atoms with E-state index in [0.717, 1.165) is 18.4 Å². The maximum atomic E-state index is 13.2. The number of likely N-dealkylation sites (tertiary alicyclic amines) is 2. The van der Waals surface area contributed by atoms with Crippen LogP contribution < -0.4 is 0 Å². The quantitative estimate of drug-likeness (QED) is 0.893. The van der Waals surface area contributed by atoms with Crippen LogP contribution in [0.1, 0.15) is 37.7 Å². The number of hydrogen-bond donors (Lipinski definition) is 1. The first-order valence-electron chi connectivity index (χ1n) is 9.25. The molecule has 6 heteroatoms. The van der Waals surface area contributed by atoms with E-state index >= 15 is 0 Å². The van der Waals surface area contributed by atoms with Crippen molar-refractivity contribution in [2.24, 2.45) is 5.92 Å². The van der Waals surface area contributed by atoms with Crippen molar-refractivity contribution < 1.29 is 19.5 Å². The van der Waals surface area contributed by atoms with E-state index in [9.17, 15) is 19.5 Å². The standard InChI is InChI=1S/C20H24N2O4/c1-21-16(23)13-15(17(24)25)20(21)9-11-22(12-10-20)18(26)19(7-8-19)14-5-3-2-4-6-14/h2-6,15H,7-13H2,1H3,(H,24,25). The molecule has 6 nitrogen and oxygen atoms in total. The van der Waals surface area contributed by atoms with Crippen LogP contribution in [0.3, 0.4) is 0 Å². The molecule has 3 fully saturated rings. The lowest BCUT2D eigenvalue weighted by atomic mass is 9.76. The van der Waals surface area contributed by atoms with Gasteiger partial charge in [-0.3, -0.25) is 14.4 Å². The largest absolute Gasteiger partial charge is 0.481 e. The molecular weight excluding hydrogens is 332 g/mol. The highest BCUT2D eigenvalue weighted by atomic mass is 16.4. The Labute approximate surface area is 152 Å². The zero-order chi connectivity index (χ0) is 18.5. The predicted octanol–water partition coefficient (Wildman–Crippen LogP) is 1.64. The number of nitrogens with zero attached hydrogens (tertiary/aromatic N) is 2. The van der Waals surface area contributed by atoms with E-state index in [1.807, 2.05) is 35.2 Å². The van der Waals surface area contributed by atoms with E-state index in [1.165, 1.54) is 0 Å². The Morgan fingerprint density at radius 2 is 1.69 bits per heavy atom. The summed E-state index contributed by atoms with van der Waals surface area (Å²) in [5.41, 5.74) is 0.0280.